The van der Waals surface area contributed by atoms with Crippen LogP contribution in [0.2, 0.25) is 0 Å². The van der Waals surface area contributed by atoms with E-state index in [9.17, 15) is 15.0 Å². The Kier molecular flexibility index (Phi) is 43.8. The number of amides is 1. The SMILES string of the molecule is CCCCCCC/C=C\C/C=C\C/C=C\CCCCCCCCCCCCCCCCCCCCC(=O)NC(CO)C(O)CCCCCCCCCC. The van der Waals surface area contributed by atoms with Gasteiger partial charge < -0.3 is 15.5 Å². The number of unbranched alkanes of at least 4 members (excludes halogenated alkanes) is 30. The van der Waals surface area contributed by atoms with Gasteiger partial charge in [0, 0.05) is 6.42 Å². The number of carbonyl (C=O) groups is 1. The fourth-order valence-corrected chi connectivity index (χ4v) is 7.25. The zero-order valence-electron chi connectivity index (χ0n) is 35.8. The molecule has 0 heterocycles. The summed E-state index contributed by atoms with van der Waals surface area (Å²) in [6.07, 6.45) is 59.7. The minimum atomic E-state index is -0.655. The van der Waals surface area contributed by atoms with E-state index in [0.717, 1.165) is 38.5 Å². The Balaban J connectivity index is 3.39. The average Bonchev–Trinajstić information content (AvgIpc) is 3.16. The molecule has 0 bridgehead atoms. The summed E-state index contributed by atoms with van der Waals surface area (Å²) >= 11 is 0. The Bertz CT molecular complexity index is 806. The molecule has 0 aromatic rings. The zero-order chi connectivity index (χ0) is 38.6. The van der Waals surface area contributed by atoms with Crippen molar-refractivity contribution in [2.75, 3.05) is 6.61 Å². The Morgan fingerprint density at radius 2 is 0.774 bits per heavy atom. The van der Waals surface area contributed by atoms with Crippen LogP contribution in [-0.4, -0.2) is 34.9 Å². The van der Waals surface area contributed by atoms with Gasteiger partial charge in [0.05, 0.1) is 18.8 Å². The van der Waals surface area contributed by atoms with Gasteiger partial charge in [-0.25, -0.2) is 0 Å². The lowest BCUT2D eigenvalue weighted by Gasteiger charge is -2.22. The van der Waals surface area contributed by atoms with Crippen molar-refractivity contribution in [2.24, 2.45) is 0 Å². The first-order valence-electron chi connectivity index (χ1n) is 23.7. The summed E-state index contributed by atoms with van der Waals surface area (Å²) in [5.41, 5.74) is 0. The quantitative estimate of drug-likeness (QED) is 0.0430. The molecule has 0 aliphatic rings. The molecule has 0 saturated heterocycles. The Morgan fingerprint density at radius 3 is 1.15 bits per heavy atom. The minimum Gasteiger partial charge on any atom is -0.394 e. The minimum absolute atomic E-state index is 0.0327. The predicted octanol–water partition coefficient (Wildman–Crippen LogP) is 15.0. The standard InChI is InChI=1S/C49H93NO3/c1-3-5-7-9-11-13-14-15-16-17-18-19-20-21-22-23-24-25-26-27-28-29-30-31-32-33-34-35-36-37-39-41-43-45-49(53)50-47(46-51)48(52)44-42-40-38-12-10-8-6-4-2/h14-15,17-18,20-21,47-48,51-52H,3-13,16,19,22-46H2,1-2H3,(H,50,53)/b15-14-,18-17-,21-20-. The van der Waals surface area contributed by atoms with Crippen molar-refractivity contribution in [1.82, 2.24) is 5.32 Å². The monoisotopic (exact) mass is 744 g/mol. The summed E-state index contributed by atoms with van der Waals surface area (Å²) in [4.78, 5) is 12.4. The molecule has 0 aromatic carbocycles. The van der Waals surface area contributed by atoms with Crippen LogP contribution in [0.25, 0.3) is 0 Å². The first kappa shape index (κ1) is 51.6. The van der Waals surface area contributed by atoms with Crippen molar-refractivity contribution in [2.45, 2.75) is 264 Å². The summed E-state index contributed by atoms with van der Waals surface area (Å²) < 4.78 is 0. The van der Waals surface area contributed by atoms with Gasteiger partial charge in [0.2, 0.25) is 5.91 Å². The van der Waals surface area contributed by atoms with Gasteiger partial charge in [-0.3, -0.25) is 4.79 Å². The van der Waals surface area contributed by atoms with E-state index < -0.39 is 12.1 Å². The van der Waals surface area contributed by atoms with Crippen LogP contribution in [0.15, 0.2) is 36.5 Å². The van der Waals surface area contributed by atoms with Crippen LogP contribution < -0.4 is 5.32 Å². The summed E-state index contributed by atoms with van der Waals surface area (Å²) in [5, 5.41) is 23.0. The fraction of sp³-hybridized carbons (Fsp3) is 0.857. The first-order valence-corrected chi connectivity index (χ1v) is 23.7. The number of nitrogens with one attached hydrogen (secondary N) is 1. The van der Waals surface area contributed by atoms with E-state index in [-0.39, 0.29) is 12.5 Å². The second-order valence-electron chi connectivity index (χ2n) is 16.2. The molecular formula is C49H93NO3. The lowest BCUT2D eigenvalue weighted by Crippen LogP contribution is -2.45. The van der Waals surface area contributed by atoms with Gasteiger partial charge in [-0.15, -0.1) is 0 Å². The molecule has 1 amide bonds. The van der Waals surface area contributed by atoms with Crippen molar-refractivity contribution in [3.8, 4) is 0 Å². The molecular weight excluding hydrogens is 651 g/mol. The molecule has 0 rings (SSSR count). The van der Waals surface area contributed by atoms with E-state index in [1.165, 1.54) is 186 Å². The molecule has 2 unspecified atom stereocenters. The van der Waals surface area contributed by atoms with Crippen LogP contribution in [0, 0.1) is 0 Å². The third-order valence-electron chi connectivity index (χ3n) is 10.9. The molecule has 0 fully saturated rings. The smallest absolute Gasteiger partial charge is 0.220 e. The lowest BCUT2D eigenvalue weighted by atomic mass is 10.0. The molecule has 0 aliphatic heterocycles. The van der Waals surface area contributed by atoms with Gasteiger partial charge in [-0.05, 0) is 51.4 Å². The van der Waals surface area contributed by atoms with Gasteiger partial charge in [0.1, 0.15) is 0 Å². The van der Waals surface area contributed by atoms with Gasteiger partial charge in [0.25, 0.3) is 0 Å². The topological polar surface area (TPSA) is 69.6 Å². The number of rotatable bonds is 43. The van der Waals surface area contributed by atoms with Crippen molar-refractivity contribution in [3.05, 3.63) is 36.5 Å². The van der Waals surface area contributed by atoms with E-state index in [4.69, 9.17) is 0 Å². The largest absolute Gasteiger partial charge is 0.394 e. The number of aliphatic hydroxyl groups is 2. The highest BCUT2D eigenvalue weighted by molar-refractivity contribution is 5.76. The second kappa shape index (κ2) is 45.0. The van der Waals surface area contributed by atoms with Crippen LogP contribution in [0.3, 0.4) is 0 Å². The lowest BCUT2D eigenvalue weighted by molar-refractivity contribution is -0.123. The van der Waals surface area contributed by atoms with Crippen molar-refractivity contribution >= 4 is 5.91 Å². The number of carbonyl (C=O) groups excluding carboxylic acids is 1. The van der Waals surface area contributed by atoms with E-state index in [1.54, 1.807) is 0 Å². The number of aliphatic hydroxyl groups excluding tert-OH is 2. The molecule has 0 spiro atoms. The number of hydrogen-bond donors (Lipinski definition) is 3. The summed E-state index contributed by atoms with van der Waals surface area (Å²) in [6, 6.07) is -0.532. The molecule has 53 heavy (non-hydrogen) atoms. The summed E-state index contributed by atoms with van der Waals surface area (Å²) in [5.74, 6) is -0.0327. The van der Waals surface area contributed by atoms with Gasteiger partial charge >= 0.3 is 0 Å². The fourth-order valence-electron chi connectivity index (χ4n) is 7.25. The maximum atomic E-state index is 12.4. The van der Waals surface area contributed by atoms with Gasteiger partial charge in [-0.1, -0.05) is 230 Å². The molecule has 4 heteroatoms. The molecule has 0 radical (unpaired) electrons. The maximum absolute atomic E-state index is 12.4. The Hall–Kier alpha value is -1.39. The van der Waals surface area contributed by atoms with Crippen LogP contribution >= 0.6 is 0 Å². The van der Waals surface area contributed by atoms with E-state index in [1.807, 2.05) is 0 Å². The van der Waals surface area contributed by atoms with Crippen LogP contribution in [0.1, 0.15) is 251 Å². The van der Waals surface area contributed by atoms with E-state index in [2.05, 4.69) is 55.6 Å². The molecule has 4 nitrogen and oxygen atoms in total. The molecule has 0 aliphatic carbocycles. The highest BCUT2D eigenvalue weighted by Crippen LogP contribution is 2.16. The average molecular weight is 744 g/mol. The molecule has 312 valence electrons. The number of allylic oxidation sites excluding steroid dienone is 6. The predicted molar refractivity (Wildman–Crippen MR) is 235 cm³/mol. The molecule has 0 saturated carbocycles. The Labute approximate surface area is 331 Å². The third-order valence-corrected chi connectivity index (χ3v) is 10.9. The van der Waals surface area contributed by atoms with E-state index in [0.29, 0.717) is 12.8 Å². The summed E-state index contributed by atoms with van der Waals surface area (Å²) in [7, 11) is 0. The van der Waals surface area contributed by atoms with E-state index >= 15 is 0 Å². The molecule has 0 aromatic heterocycles. The summed E-state index contributed by atoms with van der Waals surface area (Å²) in [6.45, 7) is 4.32. The molecule has 2 atom stereocenters. The van der Waals surface area contributed by atoms with Crippen molar-refractivity contribution < 1.29 is 15.0 Å². The highest BCUT2D eigenvalue weighted by atomic mass is 16.3. The van der Waals surface area contributed by atoms with Crippen molar-refractivity contribution in [1.29, 1.82) is 0 Å². The van der Waals surface area contributed by atoms with Gasteiger partial charge in [-0.2, -0.15) is 0 Å². The zero-order valence-corrected chi connectivity index (χ0v) is 35.8. The Morgan fingerprint density at radius 1 is 0.453 bits per heavy atom. The number of hydrogen-bond acceptors (Lipinski definition) is 3. The normalized spacial score (nSPS) is 13.2. The van der Waals surface area contributed by atoms with Crippen molar-refractivity contribution in [3.63, 3.8) is 0 Å². The first-order chi connectivity index (χ1) is 26.2. The third kappa shape index (κ3) is 41.6. The van der Waals surface area contributed by atoms with Crippen LogP contribution in [-0.2, 0) is 4.79 Å². The molecule has 3 N–H and O–H groups in total. The highest BCUT2D eigenvalue weighted by Gasteiger charge is 2.20. The maximum Gasteiger partial charge on any atom is 0.220 e. The second-order valence-corrected chi connectivity index (χ2v) is 16.2. The van der Waals surface area contributed by atoms with Crippen LogP contribution in [0.4, 0.5) is 0 Å². The van der Waals surface area contributed by atoms with Crippen LogP contribution in [0.5, 0.6) is 0 Å². The van der Waals surface area contributed by atoms with Gasteiger partial charge in [0.15, 0.2) is 0 Å².